The zero-order chi connectivity index (χ0) is 18.5. The molecule has 1 fully saturated rings. The van der Waals surface area contributed by atoms with Gasteiger partial charge in [0.05, 0.1) is 12.2 Å². The van der Waals surface area contributed by atoms with Crippen LogP contribution in [0.15, 0.2) is 43.4 Å². The number of rotatable bonds is 5. The second-order valence-corrected chi connectivity index (χ2v) is 6.41. The number of hydrogen-bond donors (Lipinski definition) is 2. The van der Waals surface area contributed by atoms with Crippen molar-refractivity contribution in [1.29, 1.82) is 0 Å². The molecular formula is C19H23N5O2. The zero-order valence-electron chi connectivity index (χ0n) is 14.6. The Morgan fingerprint density at radius 1 is 1.38 bits per heavy atom. The first-order valence-corrected chi connectivity index (χ1v) is 8.57. The molecule has 0 aliphatic carbocycles. The number of benzene rings is 1. The van der Waals surface area contributed by atoms with Gasteiger partial charge in [0.1, 0.15) is 17.8 Å². The molecule has 0 spiro atoms. The molecule has 1 atom stereocenters. The SMILES string of the molecule is C=C(N)c1c(N)cccc1OC[C@H]1CCCN(C(=O)c2ccncn2)C1. The van der Waals surface area contributed by atoms with Gasteiger partial charge < -0.3 is 21.1 Å². The predicted octanol–water partition coefficient (Wildman–Crippen LogP) is 1.92. The number of nitrogens with zero attached hydrogens (tertiary/aromatic N) is 3. The van der Waals surface area contributed by atoms with Crippen molar-refractivity contribution >= 4 is 17.3 Å². The molecule has 4 N–H and O–H groups in total. The lowest BCUT2D eigenvalue weighted by Crippen LogP contribution is -2.41. The average Bonchev–Trinajstić information content (AvgIpc) is 2.66. The van der Waals surface area contributed by atoms with E-state index in [1.54, 1.807) is 18.3 Å². The summed E-state index contributed by atoms with van der Waals surface area (Å²) in [5, 5.41) is 0. The van der Waals surface area contributed by atoms with E-state index in [-0.39, 0.29) is 11.8 Å². The van der Waals surface area contributed by atoms with E-state index in [1.807, 2.05) is 17.0 Å². The van der Waals surface area contributed by atoms with Crippen LogP contribution in [0.1, 0.15) is 28.9 Å². The largest absolute Gasteiger partial charge is 0.492 e. The minimum Gasteiger partial charge on any atom is -0.492 e. The fourth-order valence-corrected chi connectivity index (χ4v) is 3.18. The lowest BCUT2D eigenvalue weighted by molar-refractivity contribution is 0.0627. The number of likely N-dealkylation sites (tertiary alicyclic amines) is 1. The van der Waals surface area contributed by atoms with Gasteiger partial charge in [-0.3, -0.25) is 4.79 Å². The Balaban J connectivity index is 1.64. The Morgan fingerprint density at radius 3 is 2.96 bits per heavy atom. The molecular weight excluding hydrogens is 330 g/mol. The third-order valence-electron chi connectivity index (χ3n) is 4.46. The van der Waals surface area contributed by atoms with Crippen molar-refractivity contribution < 1.29 is 9.53 Å². The highest BCUT2D eigenvalue weighted by atomic mass is 16.5. The van der Waals surface area contributed by atoms with E-state index in [9.17, 15) is 4.79 Å². The van der Waals surface area contributed by atoms with Crippen molar-refractivity contribution in [2.24, 2.45) is 11.7 Å². The average molecular weight is 353 g/mol. The zero-order valence-corrected chi connectivity index (χ0v) is 14.6. The normalized spacial score (nSPS) is 16.9. The molecule has 0 radical (unpaired) electrons. The van der Waals surface area contributed by atoms with Gasteiger partial charge in [-0.1, -0.05) is 12.6 Å². The first-order valence-electron chi connectivity index (χ1n) is 8.57. The number of anilines is 1. The highest BCUT2D eigenvalue weighted by molar-refractivity contribution is 5.92. The highest BCUT2D eigenvalue weighted by Gasteiger charge is 2.26. The van der Waals surface area contributed by atoms with Crippen LogP contribution in [-0.4, -0.2) is 40.5 Å². The summed E-state index contributed by atoms with van der Waals surface area (Å²) in [5.74, 6) is 0.781. The topological polar surface area (TPSA) is 107 Å². The van der Waals surface area contributed by atoms with Crippen LogP contribution in [0.3, 0.4) is 0 Å². The lowest BCUT2D eigenvalue weighted by Gasteiger charge is -2.32. The van der Waals surface area contributed by atoms with Gasteiger partial charge >= 0.3 is 0 Å². The molecule has 0 saturated carbocycles. The van der Waals surface area contributed by atoms with Crippen molar-refractivity contribution in [3.05, 3.63) is 54.6 Å². The number of ether oxygens (including phenoxy) is 1. The standard InChI is InChI=1S/C19H23N5O2/c1-13(20)18-15(21)5-2-6-17(18)26-11-14-4-3-9-24(10-14)19(25)16-7-8-22-12-23-16/h2,5-8,12,14H,1,3-4,9-11,20-21H2/t14-/m0/s1. The molecule has 7 heteroatoms. The maximum Gasteiger partial charge on any atom is 0.272 e. The van der Waals surface area contributed by atoms with E-state index < -0.39 is 0 Å². The minimum absolute atomic E-state index is 0.0721. The number of piperidine rings is 1. The van der Waals surface area contributed by atoms with Crippen molar-refractivity contribution in [3.63, 3.8) is 0 Å². The van der Waals surface area contributed by atoms with Gasteiger partial charge in [-0.05, 0) is 31.0 Å². The smallest absolute Gasteiger partial charge is 0.272 e. The van der Waals surface area contributed by atoms with Crippen LogP contribution < -0.4 is 16.2 Å². The van der Waals surface area contributed by atoms with Crippen molar-refractivity contribution in [1.82, 2.24) is 14.9 Å². The number of amides is 1. The van der Waals surface area contributed by atoms with Crippen LogP contribution in [0.4, 0.5) is 5.69 Å². The Hall–Kier alpha value is -3.09. The van der Waals surface area contributed by atoms with Crippen LogP contribution in [0.25, 0.3) is 5.70 Å². The molecule has 26 heavy (non-hydrogen) atoms. The summed E-state index contributed by atoms with van der Waals surface area (Å²) >= 11 is 0. The third-order valence-corrected chi connectivity index (χ3v) is 4.46. The number of carbonyl (C=O) groups is 1. The second kappa shape index (κ2) is 7.86. The van der Waals surface area contributed by atoms with Crippen LogP contribution in [0.5, 0.6) is 5.75 Å². The van der Waals surface area contributed by atoms with Crippen molar-refractivity contribution in [2.45, 2.75) is 12.8 Å². The van der Waals surface area contributed by atoms with Gasteiger partial charge in [0.25, 0.3) is 5.91 Å². The van der Waals surface area contributed by atoms with E-state index in [4.69, 9.17) is 16.2 Å². The molecule has 1 aliphatic heterocycles. The minimum atomic E-state index is -0.0721. The summed E-state index contributed by atoms with van der Waals surface area (Å²) in [6, 6.07) is 7.05. The molecule has 2 aromatic rings. The first kappa shape index (κ1) is 17.7. The molecule has 1 aliphatic rings. The van der Waals surface area contributed by atoms with Gasteiger partial charge in [-0.15, -0.1) is 0 Å². The van der Waals surface area contributed by atoms with Crippen LogP contribution in [0, 0.1) is 5.92 Å². The van der Waals surface area contributed by atoms with E-state index in [0.29, 0.717) is 41.5 Å². The van der Waals surface area contributed by atoms with Crippen molar-refractivity contribution in [2.75, 3.05) is 25.4 Å². The predicted molar refractivity (Wildman–Crippen MR) is 100 cm³/mol. The highest BCUT2D eigenvalue weighted by Crippen LogP contribution is 2.29. The second-order valence-electron chi connectivity index (χ2n) is 6.41. The lowest BCUT2D eigenvalue weighted by atomic mass is 9.98. The summed E-state index contributed by atoms with van der Waals surface area (Å²) in [4.78, 5) is 22.3. The molecule has 136 valence electrons. The molecule has 0 bridgehead atoms. The molecule has 0 unspecified atom stereocenters. The van der Waals surface area contributed by atoms with E-state index >= 15 is 0 Å². The Bertz CT molecular complexity index is 794. The third kappa shape index (κ3) is 3.93. The number of hydrogen-bond acceptors (Lipinski definition) is 6. The summed E-state index contributed by atoms with van der Waals surface area (Å²) in [7, 11) is 0. The Labute approximate surface area is 152 Å². The molecule has 1 amide bonds. The Morgan fingerprint density at radius 2 is 2.23 bits per heavy atom. The van der Waals surface area contributed by atoms with E-state index in [1.165, 1.54) is 6.33 Å². The molecule has 1 aromatic carbocycles. The molecule has 1 aromatic heterocycles. The maximum atomic E-state index is 12.6. The molecule has 7 nitrogen and oxygen atoms in total. The number of nitrogen functional groups attached to an aromatic ring is 1. The van der Waals surface area contributed by atoms with Gasteiger partial charge in [0.15, 0.2) is 0 Å². The van der Waals surface area contributed by atoms with Gasteiger partial charge in [-0.2, -0.15) is 0 Å². The van der Waals surface area contributed by atoms with Crippen LogP contribution >= 0.6 is 0 Å². The summed E-state index contributed by atoms with van der Waals surface area (Å²) in [5.41, 5.74) is 13.8. The number of carbonyl (C=O) groups excluding carboxylic acids is 1. The quantitative estimate of drug-likeness (QED) is 0.795. The first-order chi connectivity index (χ1) is 12.6. The molecule has 3 rings (SSSR count). The van der Waals surface area contributed by atoms with E-state index in [2.05, 4.69) is 16.5 Å². The monoisotopic (exact) mass is 353 g/mol. The van der Waals surface area contributed by atoms with Crippen LogP contribution in [-0.2, 0) is 0 Å². The molecule has 1 saturated heterocycles. The fourth-order valence-electron chi connectivity index (χ4n) is 3.18. The fraction of sp³-hybridized carbons (Fsp3) is 0.316. The van der Waals surface area contributed by atoms with Crippen LogP contribution in [0.2, 0.25) is 0 Å². The maximum absolute atomic E-state index is 12.6. The van der Waals surface area contributed by atoms with Crippen molar-refractivity contribution in [3.8, 4) is 5.75 Å². The number of aromatic nitrogens is 2. The summed E-state index contributed by atoms with van der Waals surface area (Å²) < 4.78 is 5.97. The summed E-state index contributed by atoms with van der Waals surface area (Å²) in [6.07, 6.45) is 4.89. The molecule has 2 heterocycles. The van der Waals surface area contributed by atoms with E-state index in [0.717, 1.165) is 19.4 Å². The number of nitrogens with two attached hydrogens (primary N) is 2. The van der Waals surface area contributed by atoms with Gasteiger partial charge in [0.2, 0.25) is 0 Å². The summed E-state index contributed by atoms with van der Waals surface area (Å²) in [6.45, 7) is 5.60. The van der Waals surface area contributed by atoms with Gasteiger partial charge in [-0.25, -0.2) is 9.97 Å². The Kier molecular flexibility index (Phi) is 5.36. The van der Waals surface area contributed by atoms with Gasteiger partial charge in [0, 0.05) is 36.6 Å².